The van der Waals surface area contributed by atoms with Gasteiger partial charge in [0.1, 0.15) is 0 Å². The predicted molar refractivity (Wildman–Crippen MR) is 77.5 cm³/mol. The van der Waals surface area contributed by atoms with Gasteiger partial charge in [0.25, 0.3) is 0 Å². The highest BCUT2D eigenvalue weighted by Gasteiger charge is 2.21. The first-order chi connectivity index (χ1) is 7.61. The molecule has 1 aromatic carbocycles. The van der Waals surface area contributed by atoms with Crippen LogP contribution in [0.2, 0.25) is 0 Å². The summed E-state index contributed by atoms with van der Waals surface area (Å²) in [5, 5.41) is 3.70. The lowest BCUT2D eigenvalue weighted by Gasteiger charge is -2.21. The van der Waals surface area contributed by atoms with Crippen molar-refractivity contribution >= 4 is 37.4 Å². The summed E-state index contributed by atoms with van der Waals surface area (Å²) in [6.45, 7) is 6.89. The lowest BCUT2D eigenvalue weighted by molar-refractivity contribution is 0.416. The minimum Gasteiger partial charge on any atom is -0.143 e. The SMILES string of the molecule is CC(C)C(C)C(Br)c1csc2ccccc12. The second-order valence-corrected chi connectivity index (χ2v) is 6.59. The highest BCUT2D eigenvalue weighted by molar-refractivity contribution is 9.09. The second-order valence-electron chi connectivity index (χ2n) is 4.69. The molecule has 0 nitrogen and oxygen atoms in total. The van der Waals surface area contributed by atoms with Gasteiger partial charge in [-0.2, -0.15) is 0 Å². The maximum atomic E-state index is 3.86. The molecule has 86 valence electrons. The van der Waals surface area contributed by atoms with Gasteiger partial charge in [-0.3, -0.25) is 0 Å². The maximum absolute atomic E-state index is 3.86. The van der Waals surface area contributed by atoms with Crippen LogP contribution in [0.4, 0.5) is 0 Å². The lowest BCUT2D eigenvalue weighted by atomic mass is 9.91. The summed E-state index contributed by atoms with van der Waals surface area (Å²) in [5.74, 6) is 1.35. The van der Waals surface area contributed by atoms with Gasteiger partial charge in [-0.1, -0.05) is 54.9 Å². The molecule has 0 fully saturated rings. The Morgan fingerprint density at radius 2 is 1.81 bits per heavy atom. The number of alkyl halides is 1. The Morgan fingerprint density at radius 3 is 2.50 bits per heavy atom. The van der Waals surface area contributed by atoms with Gasteiger partial charge >= 0.3 is 0 Å². The Bertz CT molecular complexity index is 472. The number of rotatable bonds is 3. The summed E-state index contributed by atoms with van der Waals surface area (Å²) < 4.78 is 1.39. The fourth-order valence-electron chi connectivity index (χ4n) is 1.83. The second kappa shape index (κ2) is 4.89. The van der Waals surface area contributed by atoms with Gasteiger partial charge in [-0.15, -0.1) is 11.3 Å². The molecule has 2 atom stereocenters. The minimum atomic E-state index is 0.462. The summed E-state index contributed by atoms with van der Waals surface area (Å²) in [5.41, 5.74) is 1.45. The van der Waals surface area contributed by atoms with E-state index in [0.29, 0.717) is 16.7 Å². The van der Waals surface area contributed by atoms with E-state index >= 15 is 0 Å². The van der Waals surface area contributed by atoms with Crippen molar-refractivity contribution in [2.45, 2.75) is 25.6 Å². The van der Waals surface area contributed by atoms with Crippen molar-refractivity contribution in [3.8, 4) is 0 Å². The molecule has 0 saturated heterocycles. The smallest absolute Gasteiger partial charge is 0.0437 e. The van der Waals surface area contributed by atoms with Crippen LogP contribution in [-0.2, 0) is 0 Å². The molecular weight excluding hydrogens is 280 g/mol. The average molecular weight is 297 g/mol. The summed E-state index contributed by atoms with van der Waals surface area (Å²) in [6, 6.07) is 8.65. The van der Waals surface area contributed by atoms with E-state index < -0.39 is 0 Å². The first kappa shape index (κ1) is 12.1. The van der Waals surface area contributed by atoms with Crippen molar-refractivity contribution in [3.05, 3.63) is 35.2 Å². The highest BCUT2D eigenvalue weighted by atomic mass is 79.9. The zero-order valence-corrected chi connectivity index (χ0v) is 12.3. The van der Waals surface area contributed by atoms with Gasteiger partial charge < -0.3 is 0 Å². The molecule has 16 heavy (non-hydrogen) atoms. The van der Waals surface area contributed by atoms with E-state index in [2.05, 4.69) is 66.3 Å². The van der Waals surface area contributed by atoms with Gasteiger partial charge in [0.05, 0.1) is 0 Å². The molecule has 2 aromatic rings. The topological polar surface area (TPSA) is 0 Å². The Labute approximate surface area is 110 Å². The Kier molecular flexibility index (Phi) is 3.70. The Morgan fingerprint density at radius 1 is 1.12 bits per heavy atom. The van der Waals surface area contributed by atoms with E-state index in [9.17, 15) is 0 Å². The van der Waals surface area contributed by atoms with Crippen LogP contribution in [-0.4, -0.2) is 0 Å². The molecule has 0 bridgehead atoms. The van der Waals surface area contributed by atoms with Crippen molar-refractivity contribution in [3.63, 3.8) is 0 Å². The molecule has 0 aliphatic heterocycles. The normalized spacial score (nSPS) is 15.6. The van der Waals surface area contributed by atoms with Crippen LogP contribution in [0.15, 0.2) is 29.6 Å². The van der Waals surface area contributed by atoms with Crippen LogP contribution >= 0.6 is 27.3 Å². The molecule has 1 aromatic heterocycles. The van der Waals surface area contributed by atoms with Crippen molar-refractivity contribution in [2.24, 2.45) is 11.8 Å². The van der Waals surface area contributed by atoms with Crippen LogP contribution in [0.25, 0.3) is 10.1 Å². The first-order valence-corrected chi connectivity index (χ1v) is 7.51. The van der Waals surface area contributed by atoms with Gasteiger partial charge in [0, 0.05) is 9.53 Å². The maximum Gasteiger partial charge on any atom is 0.0437 e. The molecule has 0 amide bonds. The van der Waals surface area contributed by atoms with Crippen LogP contribution in [0.5, 0.6) is 0 Å². The molecule has 2 rings (SSSR count). The molecule has 0 N–H and O–H groups in total. The zero-order valence-electron chi connectivity index (χ0n) is 9.91. The van der Waals surface area contributed by atoms with Crippen LogP contribution in [0, 0.1) is 11.8 Å². The Hall–Kier alpha value is -0.340. The molecular formula is C14H17BrS. The molecule has 0 aliphatic rings. The van der Waals surface area contributed by atoms with Gasteiger partial charge in [-0.25, -0.2) is 0 Å². The molecule has 0 radical (unpaired) electrons. The molecule has 2 unspecified atom stereocenters. The third-order valence-electron chi connectivity index (χ3n) is 3.32. The van der Waals surface area contributed by atoms with E-state index in [-0.39, 0.29) is 0 Å². The van der Waals surface area contributed by atoms with E-state index in [1.54, 1.807) is 0 Å². The number of benzene rings is 1. The number of fused-ring (bicyclic) bond motifs is 1. The van der Waals surface area contributed by atoms with Crippen molar-refractivity contribution in [1.29, 1.82) is 0 Å². The number of halogens is 1. The van der Waals surface area contributed by atoms with Crippen LogP contribution in [0.3, 0.4) is 0 Å². The van der Waals surface area contributed by atoms with E-state index in [1.807, 2.05) is 11.3 Å². The molecule has 0 saturated carbocycles. The monoisotopic (exact) mass is 296 g/mol. The summed E-state index contributed by atoms with van der Waals surface area (Å²) in [6.07, 6.45) is 0. The number of hydrogen-bond donors (Lipinski definition) is 0. The fourth-order valence-corrected chi connectivity index (χ4v) is 3.99. The molecule has 2 heteroatoms. The highest BCUT2D eigenvalue weighted by Crippen LogP contribution is 2.40. The summed E-state index contributed by atoms with van der Waals surface area (Å²) in [4.78, 5) is 0.462. The minimum absolute atomic E-state index is 0.462. The lowest BCUT2D eigenvalue weighted by Crippen LogP contribution is -2.09. The standard InChI is InChI=1S/C14H17BrS/c1-9(2)10(3)14(15)12-8-16-13-7-5-4-6-11(12)13/h4-10,14H,1-3H3. The zero-order chi connectivity index (χ0) is 11.7. The molecule has 0 aliphatic carbocycles. The largest absolute Gasteiger partial charge is 0.143 e. The third kappa shape index (κ3) is 2.18. The summed E-state index contributed by atoms with van der Waals surface area (Å²) in [7, 11) is 0. The third-order valence-corrected chi connectivity index (χ3v) is 5.63. The Balaban J connectivity index is 2.40. The quantitative estimate of drug-likeness (QED) is 0.644. The average Bonchev–Trinajstić information content (AvgIpc) is 2.70. The molecule has 0 spiro atoms. The molecule has 1 heterocycles. The van der Waals surface area contributed by atoms with Crippen LogP contribution in [0.1, 0.15) is 31.2 Å². The van der Waals surface area contributed by atoms with E-state index in [0.717, 1.165) is 0 Å². The van der Waals surface area contributed by atoms with Gasteiger partial charge in [-0.05, 0) is 34.2 Å². The van der Waals surface area contributed by atoms with Crippen LogP contribution < -0.4 is 0 Å². The van der Waals surface area contributed by atoms with Crippen molar-refractivity contribution < 1.29 is 0 Å². The predicted octanol–water partition coefficient (Wildman–Crippen LogP) is 5.63. The number of hydrogen-bond acceptors (Lipinski definition) is 1. The summed E-state index contributed by atoms with van der Waals surface area (Å²) >= 11 is 5.70. The van der Waals surface area contributed by atoms with Crippen molar-refractivity contribution in [2.75, 3.05) is 0 Å². The van der Waals surface area contributed by atoms with Crippen molar-refractivity contribution in [1.82, 2.24) is 0 Å². The fraction of sp³-hybridized carbons (Fsp3) is 0.429. The van der Waals surface area contributed by atoms with Gasteiger partial charge in [0.15, 0.2) is 0 Å². The van der Waals surface area contributed by atoms with Gasteiger partial charge in [0.2, 0.25) is 0 Å². The first-order valence-electron chi connectivity index (χ1n) is 5.71. The van der Waals surface area contributed by atoms with E-state index in [4.69, 9.17) is 0 Å². The number of thiophene rings is 1. The van der Waals surface area contributed by atoms with E-state index in [1.165, 1.54) is 15.6 Å².